The molecule has 2 amide bonds. The van der Waals surface area contributed by atoms with Gasteiger partial charge in [0.2, 0.25) is 5.91 Å². The third-order valence-corrected chi connectivity index (χ3v) is 5.20. The highest BCUT2D eigenvalue weighted by Gasteiger charge is 2.30. The minimum absolute atomic E-state index is 0.0850. The van der Waals surface area contributed by atoms with Gasteiger partial charge in [-0.3, -0.25) is 9.59 Å². The van der Waals surface area contributed by atoms with E-state index in [2.05, 4.69) is 22.4 Å². The summed E-state index contributed by atoms with van der Waals surface area (Å²) in [6.07, 6.45) is 2.85. The van der Waals surface area contributed by atoms with Crippen molar-refractivity contribution in [2.45, 2.75) is 18.9 Å². The quantitative estimate of drug-likeness (QED) is 0.694. The number of fused-ring (bicyclic) bond motifs is 1. The maximum atomic E-state index is 12.8. The van der Waals surface area contributed by atoms with E-state index in [1.165, 1.54) is 5.56 Å². The van der Waals surface area contributed by atoms with Crippen LogP contribution >= 0.6 is 0 Å². The molecule has 3 aromatic rings. The van der Waals surface area contributed by atoms with E-state index in [1.54, 1.807) is 13.3 Å². The summed E-state index contributed by atoms with van der Waals surface area (Å²) in [7, 11) is 1.60. The zero-order chi connectivity index (χ0) is 19.5. The Morgan fingerprint density at radius 1 is 1.25 bits per heavy atom. The molecule has 1 unspecified atom stereocenters. The summed E-state index contributed by atoms with van der Waals surface area (Å²) in [5.41, 5.74) is 2.64. The second-order valence-corrected chi connectivity index (χ2v) is 7.06. The van der Waals surface area contributed by atoms with E-state index in [1.807, 2.05) is 41.3 Å². The number of hydrogen-bond acceptors (Lipinski definition) is 3. The van der Waals surface area contributed by atoms with Crippen LogP contribution in [0, 0.1) is 0 Å². The SMILES string of the molecule is COc1ccc2[nH]cc(C(=O)NC3CC(=O)N(CCc4ccccc4)C3)c2c1. The van der Waals surface area contributed by atoms with Gasteiger partial charge in [0.05, 0.1) is 18.7 Å². The summed E-state index contributed by atoms with van der Waals surface area (Å²) in [5.74, 6) is 0.605. The van der Waals surface area contributed by atoms with Crippen LogP contribution in [0.15, 0.2) is 54.7 Å². The number of H-pyrrole nitrogens is 1. The Labute approximate surface area is 163 Å². The Balaban J connectivity index is 1.39. The van der Waals surface area contributed by atoms with Gasteiger partial charge in [0.25, 0.3) is 5.91 Å². The van der Waals surface area contributed by atoms with Gasteiger partial charge in [-0.1, -0.05) is 30.3 Å². The molecule has 1 atom stereocenters. The molecule has 2 N–H and O–H groups in total. The number of benzene rings is 2. The second-order valence-electron chi connectivity index (χ2n) is 7.06. The number of nitrogens with zero attached hydrogens (tertiary/aromatic N) is 1. The molecule has 1 saturated heterocycles. The Bertz CT molecular complexity index is 997. The Morgan fingerprint density at radius 2 is 2.07 bits per heavy atom. The van der Waals surface area contributed by atoms with Crippen LogP contribution in [-0.2, 0) is 11.2 Å². The van der Waals surface area contributed by atoms with Crippen molar-refractivity contribution < 1.29 is 14.3 Å². The predicted octanol–water partition coefficient (Wildman–Crippen LogP) is 2.75. The summed E-state index contributed by atoms with van der Waals surface area (Å²) < 4.78 is 5.25. The summed E-state index contributed by atoms with van der Waals surface area (Å²) in [6, 6.07) is 15.5. The highest BCUT2D eigenvalue weighted by molar-refractivity contribution is 6.07. The molecule has 28 heavy (non-hydrogen) atoms. The summed E-state index contributed by atoms with van der Waals surface area (Å²) in [5, 5.41) is 3.81. The van der Waals surface area contributed by atoms with Crippen molar-refractivity contribution >= 4 is 22.7 Å². The molecule has 4 rings (SSSR count). The second kappa shape index (κ2) is 7.76. The first-order valence-corrected chi connectivity index (χ1v) is 9.42. The van der Waals surface area contributed by atoms with Crippen molar-refractivity contribution in [2.75, 3.05) is 20.2 Å². The number of ether oxygens (including phenoxy) is 1. The molecule has 0 spiro atoms. The van der Waals surface area contributed by atoms with Gasteiger partial charge in [-0.15, -0.1) is 0 Å². The van der Waals surface area contributed by atoms with Gasteiger partial charge >= 0.3 is 0 Å². The van der Waals surface area contributed by atoms with Crippen LogP contribution in [0.5, 0.6) is 5.75 Å². The normalized spacial score (nSPS) is 16.5. The third kappa shape index (κ3) is 3.71. The lowest BCUT2D eigenvalue weighted by molar-refractivity contribution is -0.127. The largest absolute Gasteiger partial charge is 0.497 e. The minimum atomic E-state index is -0.179. The fraction of sp³-hybridized carbons (Fsp3) is 0.273. The van der Waals surface area contributed by atoms with E-state index in [0.717, 1.165) is 17.3 Å². The van der Waals surface area contributed by atoms with Gasteiger partial charge < -0.3 is 19.9 Å². The van der Waals surface area contributed by atoms with E-state index < -0.39 is 0 Å². The van der Waals surface area contributed by atoms with Gasteiger partial charge in [-0.05, 0) is 30.2 Å². The molecule has 1 aliphatic rings. The highest BCUT2D eigenvalue weighted by atomic mass is 16.5. The van der Waals surface area contributed by atoms with Crippen LogP contribution in [0.4, 0.5) is 0 Å². The summed E-state index contributed by atoms with van der Waals surface area (Å²) in [4.78, 5) is 30.0. The number of aromatic amines is 1. The van der Waals surface area contributed by atoms with Crippen LogP contribution in [0.25, 0.3) is 10.9 Å². The number of carbonyl (C=O) groups excluding carboxylic acids is 2. The first-order chi connectivity index (χ1) is 13.6. The van der Waals surface area contributed by atoms with Crippen LogP contribution in [-0.4, -0.2) is 47.9 Å². The van der Waals surface area contributed by atoms with Crippen molar-refractivity contribution in [3.05, 3.63) is 65.9 Å². The molecule has 6 heteroatoms. The first kappa shape index (κ1) is 18.1. The molecule has 0 radical (unpaired) electrons. The van der Waals surface area contributed by atoms with E-state index >= 15 is 0 Å². The standard InChI is InChI=1S/C22H23N3O3/c1-28-17-7-8-20-18(12-17)19(13-23-20)22(27)24-16-11-21(26)25(14-16)10-9-15-5-3-2-4-6-15/h2-8,12-13,16,23H,9-11,14H2,1H3,(H,24,27). The molecule has 0 saturated carbocycles. The number of hydrogen-bond donors (Lipinski definition) is 2. The Kier molecular flexibility index (Phi) is 5.02. The Hall–Kier alpha value is -3.28. The lowest BCUT2D eigenvalue weighted by Crippen LogP contribution is -2.37. The monoisotopic (exact) mass is 377 g/mol. The van der Waals surface area contributed by atoms with Crippen LogP contribution in [0.1, 0.15) is 22.3 Å². The van der Waals surface area contributed by atoms with Crippen molar-refractivity contribution in [3.63, 3.8) is 0 Å². The van der Waals surface area contributed by atoms with Gasteiger partial charge in [0.1, 0.15) is 5.75 Å². The molecule has 0 bridgehead atoms. The van der Waals surface area contributed by atoms with Gasteiger partial charge in [0.15, 0.2) is 0 Å². The zero-order valence-corrected chi connectivity index (χ0v) is 15.8. The van der Waals surface area contributed by atoms with E-state index in [-0.39, 0.29) is 17.9 Å². The minimum Gasteiger partial charge on any atom is -0.497 e. The molecule has 2 heterocycles. The predicted molar refractivity (Wildman–Crippen MR) is 107 cm³/mol. The third-order valence-electron chi connectivity index (χ3n) is 5.20. The van der Waals surface area contributed by atoms with Crippen molar-refractivity contribution in [2.24, 2.45) is 0 Å². The van der Waals surface area contributed by atoms with Crippen molar-refractivity contribution in [1.82, 2.24) is 15.2 Å². The average molecular weight is 377 g/mol. The fourth-order valence-electron chi connectivity index (χ4n) is 3.67. The van der Waals surface area contributed by atoms with Crippen LogP contribution in [0.2, 0.25) is 0 Å². The number of likely N-dealkylation sites (tertiary alicyclic amines) is 1. The Morgan fingerprint density at radius 3 is 2.86 bits per heavy atom. The number of amides is 2. The lowest BCUT2D eigenvalue weighted by Gasteiger charge is -2.17. The maximum absolute atomic E-state index is 12.8. The number of aromatic nitrogens is 1. The average Bonchev–Trinajstić information content (AvgIpc) is 3.29. The number of methoxy groups -OCH3 is 1. The number of carbonyl (C=O) groups is 2. The first-order valence-electron chi connectivity index (χ1n) is 9.42. The van der Waals surface area contributed by atoms with Crippen LogP contribution < -0.4 is 10.1 Å². The number of nitrogens with one attached hydrogen (secondary N) is 2. The molecular formula is C22H23N3O3. The summed E-state index contributed by atoms with van der Waals surface area (Å²) >= 11 is 0. The molecule has 0 aliphatic carbocycles. The molecule has 1 fully saturated rings. The van der Waals surface area contributed by atoms with Gasteiger partial charge in [0, 0.05) is 36.6 Å². The summed E-state index contributed by atoms with van der Waals surface area (Å²) in [6.45, 7) is 1.21. The highest BCUT2D eigenvalue weighted by Crippen LogP contribution is 2.24. The zero-order valence-electron chi connectivity index (χ0n) is 15.8. The molecular weight excluding hydrogens is 354 g/mol. The van der Waals surface area contributed by atoms with Crippen molar-refractivity contribution in [3.8, 4) is 5.75 Å². The molecule has 1 aliphatic heterocycles. The molecule has 144 valence electrons. The molecule has 6 nitrogen and oxygen atoms in total. The molecule has 2 aromatic carbocycles. The van der Waals surface area contributed by atoms with E-state index in [9.17, 15) is 9.59 Å². The maximum Gasteiger partial charge on any atom is 0.253 e. The smallest absolute Gasteiger partial charge is 0.253 e. The van der Waals surface area contributed by atoms with Gasteiger partial charge in [-0.2, -0.15) is 0 Å². The van der Waals surface area contributed by atoms with Crippen molar-refractivity contribution in [1.29, 1.82) is 0 Å². The fourth-order valence-corrected chi connectivity index (χ4v) is 3.67. The van der Waals surface area contributed by atoms with Crippen LogP contribution in [0.3, 0.4) is 0 Å². The molecule has 1 aromatic heterocycles. The van der Waals surface area contributed by atoms with Gasteiger partial charge in [-0.25, -0.2) is 0 Å². The van der Waals surface area contributed by atoms with E-state index in [0.29, 0.717) is 30.8 Å². The topological polar surface area (TPSA) is 74.4 Å². The lowest BCUT2D eigenvalue weighted by atomic mass is 10.1. The van der Waals surface area contributed by atoms with E-state index in [4.69, 9.17) is 4.74 Å². The number of rotatable bonds is 6.